The number of aryl methyl sites for hydroxylation is 1. The molecule has 0 atom stereocenters. The standard InChI is InChI=1S/C13H13N5OS/c1-3-11(19)14-10-7-5-4-6-9(10)12-17-18-8(2)15-16-13(18)20-12/h4-7H,3H2,1-2H3,(H,14,19). The molecule has 6 nitrogen and oxygen atoms in total. The van der Waals surface area contributed by atoms with E-state index in [1.54, 1.807) is 4.52 Å². The molecule has 0 aliphatic heterocycles. The third kappa shape index (κ3) is 2.16. The Bertz CT molecular complexity index is 776. The number of hydrogen-bond acceptors (Lipinski definition) is 5. The van der Waals surface area contributed by atoms with E-state index in [1.807, 2.05) is 38.1 Å². The van der Waals surface area contributed by atoms with Crippen molar-refractivity contribution in [3.8, 4) is 10.6 Å². The Morgan fingerprint density at radius 3 is 2.90 bits per heavy atom. The smallest absolute Gasteiger partial charge is 0.234 e. The highest BCUT2D eigenvalue weighted by Gasteiger charge is 2.14. The minimum atomic E-state index is -0.0170. The monoisotopic (exact) mass is 287 g/mol. The molecule has 3 aromatic rings. The van der Waals surface area contributed by atoms with Gasteiger partial charge in [0.05, 0.1) is 5.69 Å². The maximum absolute atomic E-state index is 11.6. The van der Waals surface area contributed by atoms with Gasteiger partial charge in [0.1, 0.15) is 5.01 Å². The molecule has 2 aromatic heterocycles. The predicted octanol–water partition coefficient (Wildman–Crippen LogP) is 2.51. The van der Waals surface area contributed by atoms with Crippen molar-refractivity contribution in [2.24, 2.45) is 0 Å². The lowest BCUT2D eigenvalue weighted by Gasteiger charge is -2.07. The third-order valence-corrected chi connectivity index (χ3v) is 3.83. The molecule has 0 aliphatic rings. The van der Waals surface area contributed by atoms with Gasteiger partial charge in [-0.25, -0.2) is 0 Å². The number of para-hydroxylation sites is 1. The van der Waals surface area contributed by atoms with Gasteiger partial charge in [0.2, 0.25) is 10.9 Å². The van der Waals surface area contributed by atoms with Crippen LogP contribution in [0, 0.1) is 6.92 Å². The fourth-order valence-corrected chi connectivity index (χ4v) is 2.77. The van der Waals surface area contributed by atoms with Crippen LogP contribution in [0.2, 0.25) is 0 Å². The molecule has 7 heteroatoms. The van der Waals surface area contributed by atoms with Gasteiger partial charge in [-0.3, -0.25) is 4.79 Å². The van der Waals surface area contributed by atoms with Crippen molar-refractivity contribution < 1.29 is 4.79 Å². The molecular formula is C13H13N5OS. The number of carbonyl (C=O) groups excluding carboxylic acids is 1. The Hall–Kier alpha value is -2.28. The van der Waals surface area contributed by atoms with Crippen molar-refractivity contribution in [1.29, 1.82) is 0 Å². The maximum atomic E-state index is 11.6. The summed E-state index contributed by atoms with van der Waals surface area (Å²) < 4.78 is 1.71. The predicted molar refractivity (Wildman–Crippen MR) is 77.8 cm³/mol. The normalized spacial score (nSPS) is 10.9. The lowest BCUT2D eigenvalue weighted by Crippen LogP contribution is -2.10. The van der Waals surface area contributed by atoms with Crippen LogP contribution >= 0.6 is 11.3 Å². The summed E-state index contributed by atoms with van der Waals surface area (Å²) >= 11 is 1.45. The Kier molecular flexibility index (Phi) is 3.19. The van der Waals surface area contributed by atoms with Crippen molar-refractivity contribution in [3.05, 3.63) is 30.1 Å². The molecule has 0 saturated carbocycles. The first kappa shape index (κ1) is 12.7. The van der Waals surface area contributed by atoms with Gasteiger partial charge in [-0.1, -0.05) is 30.4 Å². The molecule has 1 N–H and O–H groups in total. The molecule has 0 saturated heterocycles. The van der Waals surface area contributed by atoms with Crippen LogP contribution in [0.1, 0.15) is 19.2 Å². The van der Waals surface area contributed by atoms with Gasteiger partial charge in [-0.2, -0.15) is 9.61 Å². The minimum Gasteiger partial charge on any atom is -0.325 e. The number of nitrogens with one attached hydrogen (secondary N) is 1. The van der Waals surface area contributed by atoms with Gasteiger partial charge in [0.25, 0.3) is 0 Å². The van der Waals surface area contributed by atoms with E-state index in [2.05, 4.69) is 20.6 Å². The molecule has 0 fully saturated rings. The van der Waals surface area contributed by atoms with Crippen LogP contribution in [0.15, 0.2) is 24.3 Å². The van der Waals surface area contributed by atoms with Crippen molar-refractivity contribution in [1.82, 2.24) is 19.8 Å². The lowest BCUT2D eigenvalue weighted by atomic mass is 10.2. The number of nitrogens with zero attached hydrogens (tertiary/aromatic N) is 4. The Balaban J connectivity index is 2.06. The number of amides is 1. The fraction of sp³-hybridized carbons (Fsp3) is 0.231. The van der Waals surface area contributed by atoms with Gasteiger partial charge >= 0.3 is 0 Å². The quantitative estimate of drug-likeness (QED) is 0.803. The van der Waals surface area contributed by atoms with Crippen LogP contribution in [-0.2, 0) is 4.79 Å². The Morgan fingerprint density at radius 1 is 1.35 bits per heavy atom. The number of carbonyl (C=O) groups is 1. The first-order valence-electron chi connectivity index (χ1n) is 6.27. The minimum absolute atomic E-state index is 0.0170. The second-order valence-electron chi connectivity index (χ2n) is 4.30. The second kappa shape index (κ2) is 5.01. The highest BCUT2D eigenvalue weighted by Crippen LogP contribution is 2.31. The van der Waals surface area contributed by atoms with Crippen LogP contribution in [0.3, 0.4) is 0 Å². The summed E-state index contributed by atoms with van der Waals surface area (Å²) in [6.07, 6.45) is 0.443. The summed E-state index contributed by atoms with van der Waals surface area (Å²) in [4.78, 5) is 12.3. The van der Waals surface area contributed by atoms with Gasteiger partial charge in [0.15, 0.2) is 5.82 Å². The number of rotatable bonds is 3. The molecule has 3 rings (SSSR count). The molecule has 102 valence electrons. The van der Waals surface area contributed by atoms with E-state index in [4.69, 9.17) is 0 Å². The molecule has 0 radical (unpaired) electrons. The average molecular weight is 287 g/mol. The molecule has 20 heavy (non-hydrogen) atoms. The van der Waals surface area contributed by atoms with Crippen LogP contribution in [0.4, 0.5) is 5.69 Å². The average Bonchev–Trinajstić information content (AvgIpc) is 3.02. The number of anilines is 1. The van der Waals surface area contributed by atoms with Crippen molar-refractivity contribution in [2.75, 3.05) is 5.32 Å². The summed E-state index contributed by atoms with van der Waals surface area (Å²) in [5.41, 5.74) is 1.66. The highest BCUT2D eigenvalue weighted by atomic mass is 32.1. The number of hydrogen-bond donors (Lipinski definition) is 1. The molecule has 1 aromatic carbocycles. The number of aromatic nitrogens is 4. The highest BCUT2D eigenvalue weighted by molar-refractivity contribution is 7.19. The molecule has 1 amide bonds. The Labute approximate surface area is 119 Å². The molecule has 0 bridgehead atoms. The zero-order chi connectivity index (χ0) is 14.1. The fourth-order valence-electron chi connectivity index (χ4n) is 1.84. The van der Waals surface area contributed by atoms with Crippen molar-refractivity contribution >= 4 is 27.9 Å². The van der Waals surface area contributed by atoms with Crippen LogP contribution in [-0.4, -0.2) is 25.7 Å². The molecule has 2 heterocycles. The third-order valence-electron chi connectivity index (χ3n) is 2.90. The number of benzene rings is 1. The van der Waals surface area contributed by atoms with E-state index in [0.29, 0.717) is 6.42 Å². The largest absolute Gasteiger partial charge is 0.325 e. The van der Waals surface area contributed by atoms with Crippen LogP contribution in [0.25, 0.3) is 15.5 Å². The van der Waals surface area contributed by atoms with Gasteiger partial charge in [-0.15, -0.1) is 10.2 Å². The van der Waals surface area contributed by atoms with Crippen LogP contribution in [0.5, 0.6) is 0 Å². The van der Waals surface area contributed by atoms with Gasteiger partial charge in [-0.05, 0) is 19.1 Å². The van der Waals surface area contributed by atoms with E-state index >= 15 is 0 Å². The van der Waals surface area contributed by atoms with E-state index in [1.165, 1.54) is 11.3 Å². The molecule has 0 unspecified atom stereocenters. The summed E-state index contributed by atoms with van der Waals surface area (Å²) in [7, 11) is 0. The van der Waals surface area contributed by atoms with E-state index in [0.717, 1.165) is 27.0 Å². The topological polar surface area (TPSA) is 72.2 Å². The second-order valence-corrected chi connectivity index (χ2v) is 5.25. The lowest BCUT2D eigenvalue weighted by molar-refractivity contribution is -0.115. The van der Waals surface area contributed by atoms with Crippen molar-refractivity contribution in [3.63, 3.8) is 0 Å². The van der Waals surface area contributed by atoms with Gasteiger partial charge < -0.3 is 5.32 Å². The van der Waals surface area contributed by atoms with Crippen molar-refractivity contribution in [2.45, 2.75) is 20.3 Å². The summed E-state index contributed by atoms with van der Waals surface area (Å²) in [6, 6.07) is 7.62. The van der Waals surface area contributed by atoms with E-state index in [-0.39, 0.29) is 5.91 Å². The zero-order valence-electron chi connectivity index (χ0n) is 11.1. The van der Waals surface area contributed by atoms with Gasteiger partial charge in [0, 0.05) is 12.0 Å². The molecule has 0 spiro atoms. The summed E-state index contributed by atoms with van der Waals surface area (Å²) in [5, 5.41) is 16.2. The molecular weight excluding hydrogens is 274 g/mol. The first-order valence-corrected chi connectivity index (χ1v) is 7.08. The Morgan fingerprint density at radius 2 is 2.15 bits per heavy atom. The maximum Gasteiger partial charge on any atom is 0.234 e. The van der Waals surface area contributed by atoms with E-state index < -0.39 is 0 Å². The SMILES string of the molecule is CCC(=O)Nc1ccccc1-c1nn2c(C)nnc2s1. The van der Waals surface area contributed by atoms with Crippen LogP contribution < -0.4 is 5.32 Å². The summed E-state index contributed by atoms with van der Waals surface area (Å²) in [6.45, 7) is 3.68. The zero-order valence-corrected chi connectivity index (χ0v) is 11.9. The summed E-state index contributed by atoms with van der Waals surface area (Å²) in [5.74, 6) is 0.731. The van der Waals surface area contributed by atoms with E-state index in [9.17, 15) is 4.79 Å². The molecule has 0 aliphatic carbocycles. The number of fused-ring (bicyclic) bond motifs is 1. The first-order chi connectivity index (χ1) is 9.69.